The molecule has 3 nitrogen and oxygen atoms in total. The van der Waals surface area contributed by atoms with Crippen LogP contribution in [0, 0.1) is 0 Å². The maximum Gasteiger partial charge on any atom is 0.164 e. The van der Waals surface area contributed by atoms with Gasteiger partial charge in [0.05, 0.1) is 13.7 Å². The molecule has 16 heavy (non-hydrogen) atoms. The summed E-state index contributed by atoms with van der Waals surface area (Å²) in [7, 11) is 1.66. The summed E-state index contributed by atoms with van der Waals surface area (Å²) in [5, 5.41) is 0. The predicted octanol–water partition coefficient (Wildman–Crippen LogP) is 2.20. The number of methoxy groups -OCH3 is 1. The van der Waals surface area contributed by atoms with Crippen LogP contribution in [0.4, 0.5) is 0 Å². The molecule has 3 heteroatoms. The molecule has 1 fully saturated rings. The van der Waals surface area contributed by atoms with Gasteiger partial charge in [-0.05, 0) is 12.5 Å². The molecule has 0 amide bonds. The monoisotopic (exact) mass is 220 g/mol. The van der Waals surface area contributed by atoms with Crippen molar-refractivity contribution < 1.29 is 14.2 Å². The Kier molecular flexibility index (Phi) is 3.47. The minimum absolute atomic E-state index is 0.257. The smallest absolute Gasteiger partial charge is 0.164 e. The second-order valence-electron chi connectivity index (χ2n) is 3.71. The van der Waals surface area contributed by atoms with Crippen LogP contribution in [0.25, 0.3) is 0 Å². The molecule has 1 unspecified atom stereocenters. The third-order valence-electron chi connectivity index (χ3n) is 2.46. The maximum atomic E-state index is 5.65. The van der Waals surface area contributed by atoms with Crippen molar-refractivity contribution in [3.63, 3.8) is 0 Å². The van der Waals surface area contributed by atoms with Crippen LogP contribution in [-0.2, 0) is 11.2 Å². The summed E-state index contributed by atoms with van der Waals surface area (Å²) in [6.45, 7) is 5.12. The lowest BCUT2D eigenvalue weighted by Crippen LogP contribution is -2.06. The predicted molar refractivity (Wildman–Crippen MR) is 62.1 cm³/mol. The van der Waals surface area contributed by atoms with Crippen LogP contribution in [0.1, 0.15) is 5.56 Å². The van der Waals surface area contributed by atoms with Crippen molar-refractivity contribution in [3.05, 3.63) is 36.4 Å². The topological polar surface area (TPSA) is 31.0 Å². The second-order valence-corrected chi connectivity index (χ2v) is 3.71. The number of benzene rings is 1. The van der Waals surface area contributed by atoms with E-state index in [1.807, 2.05) is 24.3 Å². The van der Waals surface area contributed by atoms with Gasteiger partial charge in [-0.25, -0.2) is 0 Å². The first-order valence-corrected chi connectivity index (χ1v) is 5.36. The quantitative estimate of drug-likeness (QED) is 0.544. The van der Waals surface area contributed by atoms with Gasteiger partial charge in [0.15, 0.2) is 11.5 Å². The summed E-state index contributed by atoms with van der Waals surface area (Å²) in [5.74, 6) is 1.57. The zero-order valence-corrected chi connectivity index (χ0v) is 9.44. The van der Waals surface area contributed by atoms with Crippen molar-refractivity contribution in [2.75, 3.05) is 20.3 Å². The normalized spacial score (nSPS) is 17.9. The number of rotatable bonds is 6. The summed E-state index contributed by atoms with van der Waals surface area (Å²) < 4.78 is 16.1. The van der Waals surface area contributed by atoms with E-state index in [1.54, 1.807) is 7.11 Å². The summed E-state index contributed by atoms with van der Waals surface area (Å²) in [6.07, 6.45) is 2.89. The van der Waals surface area contributed by atoms with E-state index >= 15 is 0 Å². The Hall–Kier alpha value is -1.48. The van der Waals surface area contributed by atoms with Crippen molar-refractivity contribution in [2.45, 2.75) is 12.5 Å². The van der Waals surface area contributed by atoms with Crippen LogP contribution in [0.5, 0.6) is 11.5 Å². The van der Waals surface area contributed by atoms with Crippen LogP contribution in [-0.4, -0.2) is 26.4 Å². The van der Waals surface area contributed by atoms with Crippen LogP contribution in [0.15, 0.2) is 30.9 Å². The summed E-state index contributed by atoms with van der Waals surface area (Å²) in [4.78, 5) is 0. The lowest BCUT2D eigenvalue weighted by atomic mass is 10.1. The van der Waals surface area contributed by atoms with Crippen molar-refractivity contribution >= 4 is 0 Å². The third kappa shape index (κ3) is 2.55. The molecular formula is C13H16O3. The van der Waals surface area contributed by atoms with Crippen molar-refractivity contribution in [1.82, 2.24) is 0 Å². The molecule has 0 aliphatic carbocycles. The molecule has 1 saturated heterocycles. The minimum Gasteiger partial charge on any atom is -0.493 e. The maximum absolute atomic E-state index is 5.65. The zero-order chi connectivity index (χ0) is 11.4. The SMILES string of the molecule is C=CCc1cccc(OCC2CO2)c1OC. The molecule has 0 bridgehead atoms. The molecule has 0 N–H and O–H groups in total. The van der Waals surface area contributed by atoms with Crippen molar-refractivity contribution in [3.8, 4) is 11.5 Å². The minimum atomic E-state index is 0.257. The second kappa shape index (κ2) is 5.03. The van der Waals surface area contributed by atoms with E-state index in [0.29, 0.717) is 6.61 Å². The lowest BCUT2D eigenvalue weighted by Gasteiger charge is -2.12. The van der Waals surface area contributed by atoms with Crippen LogP contribution in [0.3, 0.4) is 0 Å². The summed E-state index contributed by atoms with van der Waals surface area (Å²) in [5.41, 5.74) is 1.09. The molecule has 1 aliphatic rings. The Morgan fingerprint density at radius 3 is 3.00 bits per heavy atom. The average molecular weight is 220 g/mol. The fourth-order valence-corrected chi connectivity index (χ4v) is 1.57. The number of ether oxygens (including phenoxy) is 3. The lowest BCUT2D eigenvalue weighted by molar-refractivity contribution is 0.251. The van der Waals surface area contributed by atoms with Crippen LogP contribution >= 0.6 is 0 Å². The average Bonchev–Trinajstić information content (AvgIpc) is 3.11. The molecule has 2 rings (SSSR count). The Balaban J connectivity index is 2.13. The molecule has 1 heterocycles. The highest BCUT2D eigenvalue weighted by molar-refractivity contribution is 5.47. The molecule has 1 aromatic carbocycles. The molecule has 86 valence electrons. The van der Waals surface area contributed by atoms with Gasteiger partial charge in [-0.15, -0.1) is 6.58 Å². The van der Waals surface area contributed by atoms with Gasteiger partial charge in [-0.1, -0.05) is 18.2 Å². The van der Waals surface area contributed by atoms with Gasteiger partial charge in [0.2, 0.25) is 0 Å². The van der Waals surface area contributed by atoms with Crippen molar-refractivity contribution in [2.24, 2.45) is 0 Å². The summed E-state index contributed by atoms with van der Waals surface area (Å²) >= 11 is 0. The van der Waals surface area contributed by atoms with E-state index in [0.717, 1.165) is 30.1 Å². The van der Waals surface area contributed by atoms with Gasteiger partial charge in [0.25, 0.3) is 0 Å². The molecule has 1 aliphatic heterocycles. The van der Waals surface area contributed by atoms with Gasteiger partial charge < -0.3 is 14.2 Å². The van der Waals surface area contributed by atoms with E-state index in [9.17, 15) is 0 Å². The van der Waals surface area contributed by atoms with Crippen LogP contribution in [0.2, 0.25) is 0 Å². The van der Waals surface area contributed by atoms with E-state index in [1.165, 1.54) is 0 Å². The van der Waals surface area contributed by atoms with Gasteiger partial charge in [0.1, 0.15) is 12.7 Å². The van der Waals surface area contributed by atoms with Gasteiger partial charge in [-0.3, -0.25) is 0 Å². The Morgan fingerprint density at radius 1 is 1.56 bits per heavy atom. The first-order chi connectivity index (χ1) is 7.85. The first kappa shape index (κ1) is 11.0. The highest BCUT2D eigenvalue weighted by Crippen LogP contribution is 2.32. The Labute approximate surface area is 95.6 Å². The number of epoxide rings is 1. The van der Waals surface area contributed by atoms with Crippen molar-refractivity contribution in [1.29, 1.82) is 0 Å². The molecule has 1 aromatic rings. The van der Waals surface area contributed by atoms with E-state index in [-0.39, 0.29) is 6.10 Å². The van der Waals surface area contributed by atoms with E-state index in [4.69, 9.17) is 14.2 Å². The molecule has 0 radical (unpaired) electrons. The number of allylic oxidation sites excluding steroid dienone is 1. The highest BCUT2D eigenvalue weighted by atomic mass is 16.6. The number of hydrogen-bond donors (Lipinski definition) is 0. The molecule has 0 saturated carbocycles. The highest BCUT2D eigenvalue weighted by Gasteiger charge is 2.23. The van der Waals surface area contributed by atoms with E-state index in [2.05, 4.69) is 6.58 Å². The Morgan fingerprint density at radius 2 is 2.38 bits per heavy atom. The molecule has 1 atom stereocenters. The Bertz CT molecular complexity index is 369. The third-order valence-corrected chi connectivity index (χ3v) is 2.46. The van der Waals surface area contributed by atoms with Gasteiger partial charge >= 0.3 is 0 Å². The first-order valence-electron chi connectivity index (χ1n) is 5.36. The molecular weight excluding hydrogens is 204 g/mol. The summed E-state index contributed by atoms with van der Waals surface area (Å²) in [6, 6.07) is 5.89. The largest absolute Gasteiger partial charge is 0.493 e. The fraction of sp³-hybridized carbons (Fsp3) is 0.385. The molecule has 0 aromatic heterocycles. The standard InChI is InChI=1S/C13H16O3/c1-3-5-10-6-4-7-12(13(10)14-2)16-9-11-8-15-11/h3-4,6-7,11H,1,5,8-9H2,2H3. The molecule has 0 spiro atoms. The zero-order valence-electron chi connectivity index (χ0n) is 9.44. The van der Waals surface area contributed by atoms with E-state index < -0.39 is 0 Å². The van der Waals surface area contributed by atoms with Crippen LogP contribution < -0.4 is 9.47 Å². The van der Waals surface area contributed by atoms with Gasteiger partial charge in [-0.2, -0.15) is 0 Å². The number of para-hydroxylation sites is 1. The fourth-order valence-electron chi connectivity index (χ4n) is 1.57. The number of hydrogen-bond acceptors (Lipinski definition) is 3. The van der Waals surface area contributed by atoms with Gasteiger partial charge in [0, 0.05) is 5.56 Å².